The van der Waals surface area contributed by atoms with Crippen molar-refractivity contribution in [1.29, 1.82) is 0 Å². The minimum atomic E-state index is -1.07. The number of methoxy groups -OCH3 is 1. The summed E-state index contributed by atoms with van der Waals surface area (Å²) in [7, 11) is 1.77. The van der Waals surface area contributed by atoms with E-state index in [1.54, 1.807) is 7.11 Å². The van der Waals surface area contributed by atoms with Crippen molar-refractivity contribution in [3.8, 4) is 0 Å². The van der Waals surface area contributed by atoms with E-state index in [2.05, 4.69) is 52.8 Å². The lowest BCUT2D eigenvalue weighted by molar-refractivity contribution is -0.296. The van der Waals surface area contributed by atoms with Crippen molar-refractivity contribution in [2.45, 2.75) is 117 Å². The molecule has 1 unspecified atom stereocenters. The van der Waals surface area contributed by atoms with E-state index in [1.807, 2.05) is 6.20 Å². The Balaban J connectivity index is 1.52. The molecule has 0 amide bonds. The first-order valence-corrected chi connectivity index (χ1v) is 15.2. The number of hydrogen-bond acceptors (Lipinski definition) is 6. The van der Waals surface area contributed by atoms with Crippen molar-refractivity contribution in [2.24, 2.45) is 38.9 Å². The second-order valence-electron chi connectivity index (χ2n) is 15.5. The molecule has 39 heavy (non-hydrogen) atoms. The van der Waals surface area contributed by atoms with Crippen LogP contribution in [-0.4, -0.2) is 41.7 Å². The Morgan fingerprint density at radius 3 is 2.54 bits per heavy atom. The number of allylic oxidation sites excluding steroid dienone is 1. The molecule has 0 aromatic carbocycles. The minimum absolute atomic E-state index is 0.0214. The first kappa shape index (κ1) is 27.5. The molecule has 1 aromatic rings. The standard InChI is InChI=1S/C33H49NO5/c1-20-23-9-10-30(6)24(29(23,5)16-22-18-34-39-27(20)22)15-26(37-8)33(36)25-17-28(3,4)11-13-32(25,19-38-21(2)35)14-12-31(30,33)7/h15,18,20,23,25-26,36H,9-14,16-17,19H2,1-8H3/t20-,23-,25?,26+,29-,30+,31-,32+,33+/m0/s1. The zero-order valence-corrected chi connectivity index (χ0v) is 25.4. The Labute approximate surface area is 234 Å². The maximum atomic E-state index is 13.4. The summed E-state index contributed by atoms with van der Waals surface area (Å²) < 4.78 is 17.9. The van der Waals surface area contributed by atoms with Gasteiger partial charge in [-0.15, -0.1) is 0 Å². The molecule has 216 valence electrons. The Kier molecular flexibility index (Phi) is 5.95. The van der Waals surface area contributed by atoms with Crippen LogP contribution >= 0.6 is 0 Å². The van der Waals surface area contributed by atoms with Gasteiger partial charge in [0.2, 0.25) is 0 Å². The van der Waals surface area contributed by atoms with Gasteiger partial charge in [-0.2, -0.15) is 0 Å². The number of carbonyl (C=O) groups excluding carboxylic acids is 1. The van der Waals surface area contributed by atoms with Crippen LogP contribution in [0.1, 0.15) is 111 Å². The molecule has 6 heteroatoms. The molecule has 5 aliphatic carbocycles. The molecular formula is C33H49NO5. The molecule has 9 atom stereocenters. The fourth-order valence-electron chi connectivity index (χ4n) is 10.9. The Morgan fingerprint density at radius 2 is 1.85 bits per heavy atom. The lowest BCUT2D eigenvalue weighted by Gasteiger charge is -2.73. The molecule has 0 aliphatic heterocycles. The third-order valence-electron chi connectivity index (χ3n) is 13.4. The van der Waals surface area contributed by atoms with Gasteiger partial charge in [0.25, 0.3) is 0 Å². The van der Waals surface area contributed by atoms with Crippen LogP contribution in [0.15, 0.2) is 22.4 Å². The third-order valence-corrected chi connectivity index (χ3v) is 13.4. The van der Waals surface area contributed by atoms with E-state index in [1.165, 1.54) is 18.1 Å². The van der Waals surface area contributed by atoms with Gasteiger partial charge in [0, 0.05) is 42.3 Å². The van der Waals surface area contributed by atoms with Crippen LogP contribution in [0.5, 0.6) is 0 Å². The lowest BCUT2D eigenvalue weighted by atomic mass is 9.33. The summed E-state index contributed by atoms with van der Waals surface area (Å²) in [5, 5.41) is 17.6. The van der Waals surface area contributed by atoms with Gasteiger partial charge in [-0.05, 0) is 73.5 Å². The molecule has 0 radical (unpaired) electrons. The number of esters is 1. The van der Waals surface area contributed by atoms with E-state index in [-0.39, 0.29) is 39.0 Å². The predicted octanol–water partition coefficient (Wildman–Crippen LogP) is 6.62. The topological polar surface area (TPSA) is 81.8 Å². The van der Waals surface area contributed by atoms with Gasteiger partial charge >= 0.3 is 5.97 Å². The molecule has 6 rings (SSSR count). The molecule has 3 saturated carbocycles. The van der Waals surface area contributed by atoms with Crippen LogP contribution in [0.25, 0.3) is 0 Å². The molecule has 1 aromatic heterocycles. The highest BCUT2D eigenvalue weighted by molar-refractivity contribution is 5.66. The third kappa shape index (κ3) is 3.40. The molecule has 0 spiro atoms. The summed E-state index contributed by atoms with van der Waals surface area (Å²) >= 11 is 0. The van der Waals surface area contributed by atoms with E-state index in [9.17, 15) is 9.90 Å². The maximum Gasteiger partial charge on any atom is 0.302 e. The number of hydrogen-bond donors (Lipinski definition) is 1. The van der Waals surface area contributed by atoms with Crippen LogP contribution in [0.2, 0.25) is 0 Å². The van der Waals surface area contributed by atoms with Crippen LogP contribution in [-0.2, 0) is 20.7 Å². The normalized spacial score (nSPS) is 48.0. The van der Waals surface area contributed by atoms with Gasteiger partial charge in [0.1, 0.15) is 17.5 Å². The van der Waals surface area contributed by atoms with E-state index < -0.39 is 11.7 Å². The van der Waals surface area contributed by atoms with Crippen molar-refractivity contribution in [1.82, 2.24) is 5.16 Å². The maximum absolute atomic E-state index is 13.4. The van der Waals surface area contributed by atoms with Gasteiger partial charge in [0.15, 0.2) is 0 Å². The summed E-state index contributed by atoms with van der Waals surface area (Å²) in [6, 6.07) is 0. The summed E-state index contributed by atoms with van der Waals surface area (Å²) in [5.74, 6) is 1.57. The number of nitrogens with zero attached hydrogens (tertiary/aromatic N) is 1. The summed E-state index contributed by atoms with van der Waals surface area (Å²) in [6.45, 7) is 16.1. The number of fused-ring (bicyclic) bond motifs is 8. The van der Waals surface area contributed by atoms with Gasteiger partial charge < -0.3 is 19.1 Å². The highest BCUT2D eigenvalue weighted by Gasteiger charge is 2.75. The Bertz CT molecular complexity index is 1200. The summed E-state index contributed by atoms with van der Waals surface area (Å²) in [6.07, 6.45) is 11.7. The molecule has 5 aliphatic rings. The number of carbonyl (C=O) groups is 1. The number of aliphatic hydroxyl groups is 1. The van der Waals surface area contributed by atoms with Crippen LogP contribution in [0, 0.1) is 38.9 Å². The van der Waals surface area contributed by atoms with Crippen molar-refractivity contribution >= 4 is 5.97 Å². The molecule has 1 N–H and O–H groups in total. The van der Waals surface area contributed by atoms with Crippen LogP contribution < -0.4 is 0 Å². The molecule has 0 bridgehead atoms. The predicted molar refractivity (Wildman–Crippen MR) is 149 cm³/mol. The number of aromatic nitrogens is 1. The highest BCUT2D eigenvalue weighted by atomic mass is 16.5. The van der Waals surface area contributed by atoms with Gasteiger partial charge in [-0.3, -0.25) is 4.79 Å². The van der Waals surface area contributed by atoms with Crippen molar-refractivity contribution in [3.05, 3.63) is 29.2 Å². The number of rotatable bonds is 3. The lowest BCUT2D eigenvalue weighted by Crippen LogP contribution is -2.75. The fourth-order valence-corrected chi connectivity index (χ4v) is 10.9. The summed E-state index contributed by atoms with van der Waals surface area (Å²) in [5.41, 5.74) is 0.892. The first-order valence-electron chi connectivity index (χ1n) is 15.2. The van der Waals surface area contributed by atoms with Gasteiger partial charge in [-0.25, -0.2) is 0 Å². The first-order chi connectivity index (χ1) is 18.2. The SMILES string of the molecule is CO[C@@H]1C=C2[C@@]3(C)Cc4cnoc4[C@@H](C)[C@@H]3CC[C@@]2(C)[C@]2(C)CC[C@@]3(COC(C)=O)CCC(C)(C)CC3[C@@]12O. The summed E-state index contributed by atoms with van der Waals surface area (Å²) in [4.78, 5) is 12.0. The zero-order chi connectivity index (χ0) is 28.2. The largest absolute Gasteiger partial charge is 0.465 e. The van der Waals surface area contributed by atoms with E-state index in [0.717, 1.165) is 57.1 Å². The second kappa shape index (κ2) is 8.44. The Morgan fingerprint density at radius 1 is 1.13 bits per heavy atom. The van der Waals surface area contributed by atoms with E-state index in [4.69, 9.17) is 14.0 Å². The van der Waals surface area contributed by atoms with Gasteiger partial charge in [0.05, 0.1) is 12.8 Å². The van der Waals surface area contributed by atoms with Crippen molar-refractivity contribution in [2.75, 3.05) is 13.7 Å². The average molecular weight is 540 g/mol. The van der Waals surface area contributed by atoms with E-state index in [0.29, 0.717) is 18.4 Å². The monoisotopic (exact) mass is 539 g/mol. The smallest absolute Gasteiger partial charge is 0.302 e. The zero-order valence-electron chi connectivity index (χ0n) is 25.4. The van der Waals surface area contributed by atoms with Crippen molar-refractivity contribution in [3.63, 3.8) is 0 Å². The van der Waals surface area contributed by atoms with E-state index >= 15 is 0 Å². The Hall–Kier alpha value is -1.66. The van der Waals surface area contributed by atoms with Crippen LogP contribution in [0.4, 0.5) is 0 Å². The van der Waals surface area contributed by atoms with Crippen molar-refractivity contribution < 1.29 is 23.9 Å². The number of ether oxygens (including phenoxy) is 2. The molecule has 3 fully saturated rings. The van der Waals surface area contributed by atoms with Gasteiger partial charge in [-0.1, -0.05) is 58.3 Å². The molecular weight excluding hydrogens is 490 g/mol. The fraction of sp³-hybridized carbons (Fsp3) is 0.818. The average Bonchev–Trinajstić information content (AvgIpc) is 3.33. The molecule has 1 heterocycles. The minimum Gasteiger partial charge on any atom is -0.465 e. The molecule has 6 nitrogen and oxygen atoms in total. The highest BCUT2D eigenvalue weighted by Crippen LogP contribution is 2.76. The molecule has 0 saturated heterocycles. The second-order valence-corrected chi connectivity index (χ2v) is 15.5. The van der Waals surface area contributed by atoms with Crippen LogP contribution in [0.3, 0.4) is 0 Å². The quantitative estimate of drug-likeness (QED) is 0.343.